The number of halogens is 1. The fourth-order valence-electron chi connectivity index (χ4n) is 1.03. The van der Waals surface area contributed by atoms with Gasteiger partial charge in [0.25, 0.3) is 0 Å². The Morgan fingerprint density at radius 2 is 2.00 bits per heavy atom. The first-order valence-corrected chi connectivity index (χ1v) is 5.02. The van der Waals surface area contributed by atoms with E-state index < -0.39 is 0 Å². The van der Waals surface area contributed by atoms with E-state index in [1.165, 1.54) is 7.11 Å². The minimum Gasteiger partial charge on any atom is -0.467 e. The molecule has 0 amide bonds. The molecule has 4 heteroatoms. The first-order chi connectivity index (χ1) is 6.63. The Labute approximate surface area is 91.6 Å². The molecular formula is C10H12BrNO2. The van der Waals surface area contributed by atoms with Gasteiger partial charge in [0, 0.05) is 10.2 Å². The number of carbonyl (C=O) groups is 1. The van der Waals surface area contributed by atoms with Crippen molar-refractivity contribution >= 4 is 27.6 Å². The maximum Gasteiger partial charge on any atom is 0.327 e. The Kier molecular flexibility index (Phi) is 3.95. The number of benzene rings is 1. The Morgan fingerprint density at radius 3 is 2.50 bits per heavy atom. The number of hydrogen-bond acceptors (Lipinski definition) is 3. The average Bonchev–Trinajstić information content (AvgIpc) is 2.20. The second-order valence-corrected chi connectivity index (χ2v) is 3.81. The zero-order valence-electron chi connectivity index (χ0n) is 8.08. The Morgan fingerprint density at radius 1 is 1.43 bits per heavy atom. The molecule has 1 rings (SSSR count). The molecule has 0 bridgehead atoms. The van der Waals surface area contributed by atoms with Gasteiger partial charge in [-0.2, -0.15) is 0 Å². The van der Waals surface area contributed by atoms with Gasteiger partial charge in [0.2, 0.25) is 0 Å². The van der Waals surface area contributed by atoms with Crippen LogP contribution < -0.4 is 5.32 Å². The third kappa shape index (κ3) is 3.03. The highest BCUT2D eigenvalue weighted by Crippen LogP contribution is 2.14. The van der Waals surface area contributed by atoms with Crippen molar-refractivity contribution in [2.75, 3.05) is 12.4 Å². The molecule has 0 aliphatic carbocycles. The van der Waals surface area contributed by atoms with E-state index in [9.17, 15) is 4.79 Å². The van der Waals surface area contributed by atoms with Crippen LogP contribution in [0.15, 0.2) is 28.7 Å². The first kappa shape index (κ1) is 11.0. The second kappa shape index (κ2) is 5.00. The number of rotatable bonds is 3. The molecule has 0 spiro atoms. The summed E-state index contributed by atoms with van der Waals surface area (Å²) in [6, 6.07) is 7.27. The molecule has 1 atom stereocenters. The number of carbonyl (C=O) groups excluding carboxylic acids is 1. The topological polar surface area (TPSA) is 38.3 Å². The molecule has 1 aromatic rings. The molecule has 0 aliphatic rings. The van der Waals surface area contributed by atoms with Crippen LogP contribution in [-0.2, 0) is 9.53 Å². The molecule has 0 fully saturated rings. The SMILES string of the molecule is COC(=O)[C@@H](C)Nc1ccc(Br)cc1. The van der Waals surface area contributed by atoms with Crippen LogP contribution in [0.3, 0.4) is 0 Å². The summed E-state index contributed by atoms with van der Waals surface area (Å²) in [6.07, 6.45) is 0. The lowest BCUT2D eigenvalue weighted by molar-refractivity contribution is -0.141. The van der Waals surface area contributed by atoms with Crippen LogP contribution in [0.1, 0.15) is 6.92 Å². The van der Waals surface area contributed by atoms with E-state index in [2.05, 4.69) is 26.0 Å². The molecule has 1 aromatic carbocycles. The highest BCUT2D eigenvalue weighted by molar-refractivity contribution is 9.10. The van der Waals surface area contributed by atoms with Crippen molar-refractivity contribution in [3.8, 4) is 0 Å². The standard InChI is InChI=1S/C10H12BrNO2/c1-7(10(13)14-2)12-9-5-3-8(11)4-6-9/h3-7,12H,1-2H3/t7-/m1/s1. The predicted molar refractivity (Wildman–Crippen MR) is 59.2 cm³/mol. The fraction of sp³-hybridized carbons (Fsp3) is 0.300. The lowest BCUT2D eigenvalue weighted by Crippen LogP contribution is -2.27. The van der Waals surface area contributed by atoms with Crippen LogP contribution in [0.2, 0.25) is 0 Å². The fourth-order valence-corrected chi connectivity index (χ4v) is 1.30. The summed E-state index contributed by atoms with van der Waals surface area (Å²) in [6.45, 7) is 1.76. The van der Waals surface area contributed by atoms with Gasteiger partial charge in [-0.05, 0) is 31.2 Å². The molecule has 0 saturated carbocycles. The van der Waals surface area contributed by atoms with Crippen molar-refractivity contribution < 1.29 is 9.53 Å². The van der Waals surface area contributed by atoms with Crippen molar-refractivity contribution in [2.24, 2.45) is 0 Å². The maximum absolute atomic E-state index is 11.1. The number of hydrogen-bond donors (Lipinski definition) is 1. The lowest BCUT2D eigenvalue weighted by Gasteiger charge is -2.12. The third-order valence-electron chi connectivity index (χ3n) is 1.78. The van der Waals surface area contributed by atoms with Crippen molar-refractivity contribution in [1.29, 1.82) is 0 Å². The average molecular weight is 258 g/mol. The number of anilines is 1. The van der Waals surface area contributed by atoms with E-state index in [1.54, 1.807) is 6.92 Å². The predicted octanol–water partition coefficient (Wildman–Crippen LogP) is 2.42. The highest BCUT2D eigenvalue weighted by atomic mass is 79.9. The summed E-state index contributed by atoms with van der Waals surface area (Å²) in [5, 5.41) is 3.02. The first-order valence-electron chi connectivity index (χ1n) is 4.23. The molecule has 0 radical (unpaired) electrons. The van der Waals surface area contributed by atoms with E-state index >= 15 is 0 Å². The Balaban J connectivity index is 2.60. The molecular weight excluding hydrogens is 246 g/mol. The zero-order chi connectivity index (χ0) is 10.6. The summed E-state index contributed by atoms with van der Waals surface area (Å²) in [5.41, 5.74) is 0.895. The molecule has 0 saturated heterocycles. The Bertz CT molecular complexity index is 310. The van der Waals surface area contributed by atoms with Gasteiger partial charge in [0.15, 0.2) is 0 Å². The van der Waals surface area contributed by atoms with Gasteiger partial charge in [-0.25, -0.2) is 4.79 Å². The third-order valence-corrected chi connectivity index (χ3v) is 2.31. The summed E-state index contributed by atoms with van der Waals surface area (Å²) >= 11 is 3.33. The van der Waals surface area contributed by atoms with Crippen LogP contribution in [-0.4, -0.2) is 19.1 Å². The molecule has 3 nitrogen and oxygen atoms in total. The quantitative estimate of drug-likeness (QED) is 0.846. The summed E-state index contributed by atoms with van der Waals surface area (Å²) in [4.78, 5) is 11.1. The lowest BCUT2D eigenvalue weighted by atomic mass is 10.2. The summed E-state index contributed by atoms with van der Waals surface area (Å²) in [5.74, 6) is -0.270. The molecule has 1 N–H and O–H groups in total. The normalized spacial score (nSPS) is 11.9. The van der Waals surface area contributed by atoms with E-state index in [0.29, 0.717) is 0 Å². The van der Waals surface area contributed by atoms with E-state index in [1.807, 2.05) is 24.3 Å². The van der Waals surface area contributed by atoms with Gasteiger partial charge in [-0.1, -0.05) is 15.9 Å². The minimum absolute atomic E-state index is 0.270. The van der Waals surface area contributed by atoms with Crippen LogP contribution >= 0.6 is 15.9 Å². The van der Waals surface area contributed by atoms with Gasteiger partial charge in [-0.15, -0.1) is 0 Å². The van der Waals surface area contributed by atoms with E-state index in [0.717, 1.165) is 10.2 Å². The molecule has 0 aliphatic heterocycles. The molecule has 14 heavy (non-hydrogen) atoms. The maximum atomic E-state index is 11.1. The van der Waals surface area contributed by atoms with Crippen molar-refractivity contribution in [3.05, 3.63) is 28.7 Å². The Hall–Kier alpha value is -1.03. The smallest absolute Gasteiger partial charge is 0.327 e. The number of nitrogens with one attached hydrogen (secondary N) is 1. The van der Waals surface area contributed by atoms with Crippen LogP contribution in [0.25, 0.3) is 0 Å². The van der Waals surface area contributed by atoms with Crippen molar-refractivity contribution in [3.63, 3.8) is 0 Å². The zero-order valence-corrected chi connectivity index (χ0v) is 9.67. The number of ether oxygens (including phenoxy) is 1. The van der Waals surface area contributed by atoms with Crippen molar-refractivity contribution in [1.82, 2.24) is 0 Å². The van der Waals surface area contributed by atoms with Gasteiger partial charge < -0.3 is 10.1 Å². The largest absolute Gasteiger partial charge is 0.467 e. The van der Waals surface area contributed by atoms with Crippen LogP contribution in [0.5, 0.6) is 0 Å². The van der Waals surface area contributed by atoms with Gasteiger partial charge in [0.1, 0.15) is 6.04 Å². The second-order valence-electron chi connectivity index (χ2n) is 2.90. The van der Waals surface area contributed by atoms with E-state index in [4.69, 9.17) is 0 Å². The van der Waals surface area contributed by atoms with Gasteiger partial charge in [-0.3, -0.25) is 0 Å². The molecule has 76 valence electrons. The summed E-state index contributed by atoms with van der Waals surface area (Å²) < 4.78 is 5.61. The van der Waals surface area contributed by atoms with Crippen molar-refractivity contribution in [2.45, 2.75) is 13.0 Å². The highest BCUT2D eigenvalue weighted by Gasteiger charge is 2.11. The number of esters is 1. The van der Waals surface area contributed by atoms with Gasteiger partial charge >= 0.3 is 5.97 Å². The minimum atomic E-state index is -0.332. The van der Waals surface area contributed by atoms with Gasteiger partial charge in [0.05, 0.1) is 7.11 Å². The molecule has 0 unspecified atom stereocenters. The van der Waals surface area contributed by atoms with Crippen LogP contribution in [0, 0.1) is 0 Å². The molecule has 0 heterocycles. The summed E-state index contributed by atoms with van der Waals surface area (Å²) in [7, 11) is 1.38. The molecule has 0 aromatic heterocycles. The van der Waals surface area contributed by atoms with Crippen LogP contribution in [0.4, 0.5) is 5.69 Å². The monoisotopic (exact) mass is 257 g/mol. The number of methoxy groups -OCH3 is 1. The van der Waals surface area contributed by atoms with E-state index in [-0.39, 0.29) is 12.0 Å².